The van der Waals surface area contributed by atoms with Gasteiger partial charge in [0, 0.05) is 6.54 Å². The van der Waals surface area contributed by atoms with E-state index in [2.05, 4.69) is 24.9 Å². The van der Waals surface area contributed by atoms with Crippen molar-refractivity contribution < 1.29 is 0 Å². The zero-order chi connectivity index (χ0) is 9.68. The van der Waals surface area contributed by atoms with Gasteiger partial charge in [-0.1, -0.05) is 19.1 Å². The number of hydrogen-bond donors (Lipinski definition) is 0. The van der Waals surface area contributed by atoms with Crippen LogP contribution in [0.2, 0.25) is 0 Å². The molecule has 0 atom stereocenters. The standard InChI is InChI=1S/C11H14N2/c1-3-13(2)9-11-6-4-5-10(7-11)8-12/h4-7H,3,9H2,1-2H3. The monoisotopic (exact) mass is 174 g/mol. The molecule has 1 rings (SSSR count). The van der Waals surface area contributed by atoms with E-state index in [-0.39, 0.29) is 0 Å². The van der Waals surface area contributed by atoms with E-state index in [0.717, 1.165) is 18.7 Å². The Hall–Kier alpha value is -1.33. The van der Waals surface area contributed by atoms with Crippen LogP contribution in [0.5, 0.6) is 0 Å². The van der Waals surface area contributed by atoms with Gasteiger partial charge in [0.2, 0.25) is 0 Å². The summed E-state index contributed by atoms with van der Waals surface area (Å²) in [6.07, 6.45) is 0. The summed E-state index contributed by atoms with van der Waals surface area (Å²) < 4.78 is 0. The lowest BCUT2D eigenvalue weighted by Crippen LogP contribution is -2.16. The minimum Gasteiger partial charge on any atom is -0.302 e. The molecule has 0 aliphatic rings. The van der Waals surface area contributed by atoms with Crippen molar-refractivity contribution >= 4 is 0 Å². The lowest BCUT2D eigenvalue weighted by molar-refractivity contribution is 0.346. The molecule has 0 amide bonds. The minimum absolute atomic E-state index is 0.738. The quantitative estimate of drug-likeness (QED) is 0.701. The molecule has 0 aromatic heterocycles. The lowest BCUT2D eigenvalue weighted by atomic mass is 10.1. The molecule has 0 bridgehead atoms. The molecule has 0 saturated heterocycles. The van der Waals surface area contributed by atoms with Gasteiger partial charge in [0.05, 0.1) is 11.6 Å². The second kappa shape index (κ2) is 4.64. The summed E-state index contributed by atoms with van der Waals surface area (Å²) in [4.78, 5) is 2.20. The smallest absolute Gasteiger partial charge is 0.0991 e. The predicted octanol–water partition coefficient (Wildman–Crippen LogP) is 2.01. The summed E-state index contributed by atoms with van der Waals surface area (Å²) in [5.41, 5.74) is 1.94. The fourth-order valence-corrected chi connectivity index (χ4v) is 1.16. The van der Waals surface area contributed by atoms with Crippen LogP contribution in [0.1, 0.15) is 18.1 Å². The van der Waals surface area contributed by atoms with Crippen molar-refractivity contribution in [3.8, 4) is 6.07 Å². The number of nitriles is 1. The molecule has 0 spiro atoms. The van der Waals surface area contributed by atoms with Crippen LogP contribution in [0.25, 0.3) is 0 Å². The van der Waals surface area contributed by atoms with Crippen LogP contribution in [-0.4, -0.2) is 18.5 Å². The highest BCUT2D eigenvalue weighted by Crippen LogP contribution is 2.06. The van der Waals surface area contributed by atoms with Crippen molar-refractivity contribution in [2.45, 2.75) is 13.5 Å². The summed E-state index contributed by atoms with van der Waals surface area (Å²) in [6, 6.07) is 9.88. The molecule has 2 heteroatoms. The van der Waals surface area contributed by atoms with Crippen molar-refractivity contribution in [1.29, 1.82) is 5.26 Å². The van der Waals surface area contributed by atoms with E-state index < -0.39 is 0 Å². The maximum Gasteiger partial charge on any atom is 0.0991 e. The maximum atomic E-state index is 8.69. The Morgan fingerprint density at radius 2 is 2.23 bits per heavy atom. The van der Waals surface area contributed by atoms with Gasteiger partial charge in [-0.05, 0) is 31.3 Å². The Balaban J connectivity index is 2.73. The van der Waals surface area contributed by atoms with Crippen LogP contribution in [0.15, 0.2) is 24.3 Å². The lowest BCUT2D eigenvalue weighted by Gasteiger charge is -2.13. The molecule has 0 aliphatic carbocycles. The highest BCUT2D eigenvalue weighted by atomic mass is 15.1. The number of nitrogens with zero attached hydrogens (tertiary/aromatic N) is 2. The van der Waals surface area contributed by atoms with Gasteiger partial charge in [0.1, 0.15) is 0 Å². The molecule has 68 valence electrons. The second-order valence-electron chi connectivity index (χ2n) is 3.14. The first-order valence-electron chi connectivity index (χ1n) is 4.44. The van der Waals surface area contributed by atoms with Crippen molar-refractivity contribution in [1.82, 2.24) is 4.90 Å². The average molecular weight is 174 g/mol. The first-order valence-corrected chi connectivity index (χ1v) is 4.44. The van der Waals surface area contributed by atoms with Gasteiger partial charge in [0.15, 0.2) is 0 Å². The minimum atomic E-state index is 0.738. The molecule has 0 fully saturated rings. The Labute approximate surface area is 79.4 Å². The molecule has 0 unspecified atom stereocenters. The predicted molar refractivity (Wildman–Crippen MR) is 53.2 cm³/mol. The molecule has 1 aromatic rings. The second-order valence-corrected chi connectivity index (χ2v) is 3.14. The third kappa shape index (κ3) is 2.89. The Bertz CT molecular complexity index is 312. The first kappa shape index (κ1) is 9.76. The number of benzene rings is 1. The van der Waals surface area contributed by atoms with Crippen LogP contribution in [0.4, 0.5) is 0 Å². The van der Waals surface area contributed by atoms with Gasteiger partial charge in [-0.25, -0.2) is 0 Å². The van der Waals surface area contributed by atoms with Crippen LogP contribution < -0.4 is 0 Å². The van der Waals surface area contributed by atoms with E-state index in [4.69, 9.17) is 5.26 Å². The average Bonchev–Trinajstić information content (AvgIpc) is 2.18. The van der Waals surface area contributed by atoms with Crippen LogP contribution in [0, 0.1) is 11.3 Å². The Morgan fingerprint density at radius 3 is 2.85 bits per heavy atom. The van der Waals surface area contributed by atoms with E-state index in [1.54, 1.807) is 0 Å². The SMILES string of the molecule is CCN(C)Cc1cccc(C#N)c1. The fourth-order valence-electron chi connectivity index (χ4n) is 1.16. The van der Waals surface area contributed by atoms with Crippen LogP contribution in [0.3, 0.4) is 0 Å². The largest absolute Gasteiger partial charge is 0.302 e. The van der Waals surface area contributed by atoms with Gasteiger partial charge < -0.3 is 4.90 Å². The van der Waals surface area contributed by atoms with Crippen LogP contribution in [-0.2, 0) is 6.54 Å². The van der Waals surface area contributed by atoms with E-state index >= 15 is 0 Å². The molecule has 0 saturated carbocycles. The van der Waals surface area contributed by atoms with E-state index in [1.807, 2.05) is 24.3 Å². The third-order valence-corrected chi connectivity index (χ3v) is 2.05. The van der Waals surface area contributed by atoms with E-state index in [0.29, 0.717) is 0 Å². The normalized spacial score (nSPS) is 10.0. The Morgan fingerprint density at radius 1 is 1.46 bits per heavy atom. The Kier molecular flexibility index (Phi) is 3.48. The maximum absolute atomic E-state index is 8.69. The van der Waals surface area contributed by atoms with Gasteiger partial charge in [-0.2, -0.15) is 5.26 Å². The van der Waals surface area contributed by atoms with E-state index in [1.165, 1.54) is 5.56 Å². The summed E-state index contributed by atoms with van der Waals surface area (Å²) in [6.45, 7) is 4.05. The molecular weight excluding hydrogens is 160 g/mol. The van der Waals surface area contributed by atoms with Crippen molar-refractivity contribution in [3.05, 3.63) is 35.4 Å². The molecule has 0 radical (unpaired) electrons. The third-order valence-electron chi connectivity index (χ3n) is 2.05. The van der Waals surface area contributed by atoms with Crippen molar-refractivity contribution in [3.63, 3.8) is 0 Å². The molecule has 0 aliphatic heterocycles. The van der Waals surface area contributed by atoms with Crippen molar-refractivity contribution in [2.75, 3.05) is 13.6 Å². The zero-order valence-corrected chi connectivity index (χ0v) is 8.12. The molecule has 0 heterocycles. The van der Waals surface area contributed by atoms with Gasteiger partial charge >= 0.3 is 0 Å². The highest BCUT2D eigenvalue weighted by Gasteiger charge is 1.98. The molecule has 13 heavy (non-hydrogen) atoms. The van der Waals surface area contributed by atoms with Crippen molar-refractivity contribution in [2.24, 2.45) is 0 Å². The molecule has 2 nitrogen and oxygen atoms in total. The topological polar surface area (TPSA) is 27.0 Å². The first-order chi connectivity index (χ1) is 6.26. The van der Waals surface area contributed by atoms with Gasteiger partial charge in [-0.15, -0.1) is 0 Å². The molecule has 1 aromatic carbocycles. The highest BCUT2D eigenvalue weighted by molar-refractivity contribution is 5.32. The van der Waals surface area contributed by atoms with E-state index in [9.17, 15) is 0 Å². The summed E-state index contributed by atoms with van der Waals surface area (Å²) in [5.74, 6) is 0. The zero-order valence-electron chi connectivity index (χ0n) is 8.12. The summed E-state index contributed by atoms with van der Waals surface area (Å²) in [7, 11) is 2.07. The molecule has 0 N–H and O–H groups in total. The number of rotatable bonds is 3. The fraction of sp³-hybridized carbons (Fsp3) is 0.364. The number of hydrogen-bond acceptors (Lipinski definition) is 2. The van der Waals surface area contributed by atoms with Gasteiger partial charge in [-0.3, -0.25) is 0 Å². The summed E-state index contributed by atoms with van der Waals surface area (Å²) >= 11 is 0. The van der Waals surface area contributed by atoms with Crippen LogP contribution >= 0.6 is 0 Å². The van der Waals surface area contributed by atoms with Gasteiger partial charge in [0.25, 0.3) is 0 Å². The summed E-state index contributed by atoms with van der Waals surface area (Å²) in [5, 5.41) is 8.69. The molecular formula is C11H14N2.